The lowest BCUT2D eigenvalue weighted by Gasteiger charge is -2.21. The number of nitrogens with one attached hydrogen (secondary N) is 1. The smallest absolute Gasteiger partial charge is 0.251 e. The average Bonchev–Trinajstić information content (AvgIpc) is 2.45. The number of hydrogen-bond acceptors (Lipinski definition) is 1. The zero-order valence-electron chi connectivity index (χ0n) is 12.2. The highest BCUT2D eigenvalue weighted by Gasteiger charge is 2.16. The summed E-state index contributed by atoms with van der Waals surface area (Å²) in [6.45, 7) is 4.26. The predicted octanol–water partition coefficient (Wildman–Crippen LogP) is 5.14. The van der Waals surface area contributed by atoms with Gasteiger partial charge in [0, 0.05) is 21.4 Å². The molecule has 1 amide bonds. The van der Waals surface area contributed by atoms with Crippen LogP contribution in [-0.4, -0.2) is 17.3 Å². The van der Waals surface area contributed by atoms with Gasteiger partial charge in [0.05, 0.1) is 0 Å². The van der Waals surface area contributed by atoms with E-state index in [9.17, 15) is 4.79 Å². The van der Waals surface area contributed by atoms with Gasteiger partial charge in [-0.3, -0.25) is 4.79 Å². The third kappa shape index (κ3) is 4.30. The van der Waals surface area contributed by atoms with Crippen molar-refractivity contribution in [3.63, 3.8) is 0 Å². The number of fused-ring (bicyclic) bond motifs is 1. The number of rotatable bonds is 5. The molecule has 0 aliphatic heterocycles. The second kappa shape index (κ2) is 7.41. The molecule has 0 saturated heterocycles. The Balaban J connectivity index is 2.20. The van der Waals surface area contributed by atoms with Crippen molar-refractivity contribution >= 4 is 48.5 Å². The molecule has 2 rings (SSSR count). The molecule has 1 N–H and O–H groups in total. The lowest BCUT2D eigenvalue weighted by Crippen LogP contribution is -2.38. The van der Waals surface area contributed by atoms with Crippen LogP contribution < -0.4 is 5.32 Å². The zero-order valence-corrected chi connectivity index (χ0v) is 15.4. The molecule has 1 atom stereocenters. The first-order chi connectivity index (χ1) is 10.0. The van der Waals surface area contributed by atoms with Gasteiger partial charge in [-0.05, 0) is 47.4 Å². The molecular formula is C17H19Br2NO. The largest absolute Gasteiger partial charge is 0.349 e. The Labute approximate surface area is 142 Å². The van der Waals surface area contributed by atoms with Crippen molar-refractivity contribution in [2.45, 2.75) is 26.3 Å². The first kappa shape index (κ1) is 16.5. The maximum absolute atomic E-state index is 12.4. The third-order valence-corrected chi connectivity index (χ3v) is 4.56. The van der Waals surface area contributed by atoms with Crippen molar-refractivity contribution in [3.05, 3.63) is 46.4 Å². The minimum atomic E-state index is -0.000492. The minimum absolute atomic E-state index is 0.000492. The monoisotopic (exact) mass is 411 g/mol. The van der Waals surface area contributed by atoms with E-state index in [0.29, 0.717) is 11.5 Å². The van der Waals surface area contributed by atoms with Gasteiger partial charge in [0.1, 0.15) is 0 Å². The van der Waals surface area contributed by atoms with Crippen molar-refractivity contribution in [2.24, 2.45) is 5.92 Å². The fourth-order valence-electron chi connectivity index (χ4n) is 2.30. The quantitative estimate of drug-likeness (QED) is 0.676. The van der Waals surface area contributed by atoms with Gasteiger partial charge in [0.25, 0.3) is 5.91 Å². The number of halogens is 2. The number of amides is 1. The molecule has 0 heterocycles. The van der Waals surface area contributed by atoms with Crippen molar-refractivity contribution < 1.29 is 4.79 Å². The van der Waals surface area contributed by atoms with E-state index < -0.39 is 0 Å². The maximum atomic E-state index is 12.4. The van der Waals surface area contributed by atoms with E-state index in [2.05, 4.69) is 57.1 Å². The Hall–Kier alpha value is -0.870. The fourth-order valence-corrected chi connectivity index (χ4v) is 3.17. The van der Waals surface area contributed by atoms with Gasteiger partial charge in [-0.2, -0.15) is 0 Å². The molecule has 0 aromatic heterocycles. The normalized spacial score (nSPS) is 12.6. The first-order valence-corrected chi connectivity index (χ1v) is 8.99. The Morgan fingerprint density at radius 3 is 2.48 bits per heavy atom. The number of benzene rings is 2. The van der Waals surface area contributed by atoms with Crippen molar-refractivity contribution in [3.8, 4) is 0 Å². The molecule has 112 valence electrons. The molecule has 2 nitrogen and oxygen atoms in total. The highest BCUT2D eigenvalue weighted by atomic mass is 79.9. The summed E-state index contributed by atoms with van der Waals surface area (Å²) in [5.74, 6) is 0.419. The fraction of sp³-hybridized carbons (Fsp3) is 0.353. The summed E-state index contributed by atoms with van der Waals surface area (Å²) in [5.41, 5.74) is 0.713. The summed E-state index contributed by atoms with van der Waals surface area (Å²) < 4.78 is 1.05. The second-order valence-corrected chi connectivity index (χ2v) is 7.22. The molecule has 4 heteroatoms. The molecule has 21 heavy (non-hydrogen) atoms. The van der Waals surface area contributed by atoms with Gasteiger partial charge in [-0.25, -0.2) is 0 Å². The SMILES string of the molecule is CC(C)C(CCBr)NC(=O)c1ccc2cc(Br)ccc2c1. The molecule has 0 aliphatic carbocycles. The van der Waals surface area contributed by atoms with Crippen LogP contribution in [0.5, 0.6) is 0 Å². The summed E-state index contributed by atoms with van der Waals surface area (Å²) in [5, 5.41) is 6.23. The highest BCUT2D eigenvalue weighted by molar-refractivity contribution is 9.10. The predicted molar refractivity (Wildman–Crippen MR) is 96.2 cm³/mol. The zero-order chi connectivity index (χ0) is 15.4. The van der Waals surface area contributed by atoms with Gasteiger partial charge in [0.15, 0.2) is 0 Å². The van der Waals surface area contributed by atoms with E-state index in [0.717, 1.165) is 27.0 Å². The second-order valence-electron chi connectivity index (χ2n) is 5.51. The van der Waals surface area contributed by atoms with Crippen molar-refractivity contribution in [1.29, 1.82) is 0 Å². The first-order valence-electron chi connectivity index (χ1n) is 7.07. The molecule has 0 bridgehead atoms. The lowest BCUT2D eigenvalue weighted by molar-refractivity contribution is 0.0925. The maximum Gasteiger partial charge on any atom is 0.251 e. The minimum Gasteiger partial charge on any atom is -0.349 e. The molecule has 2 aromatic carbocycles. The van der Waals surface area contributed by atoms with E-state index in [1.807, 2.05) is 30.3 Å². The third-order valence-electron chi connectivity index (χ3n) is 3.61. The Morgan fingerprint density at radius 2 is 1.81 bits per heavy atom. The van der Waals surface area contributed by atoms with E-state index >= 15 is 0 Å². The van der Waals surface area contributed by atoms with Gasteiger partial charge in [-0.15, -0.1) is 0 Å². The number of hydrogen-bond donors (Lipinski definition) is 1. The summed E-state index contributed by atoms with van der Waals surface area (Å²) >= 11 is 6.91. The summed E-state index contributed by atoms with van der Waals surface area (Å²) in [6, 6.07) is 12.1. The van der Waals surface area contributed by atoms with E-state index in [1.165, 1.54) is 0 Å². The lowest BCUT2D eigenvalue weighted by atomic mass is 10.0. The Kier molecular flexibility index (Phi) is 5.82. The standard InChI is InChI=1S/C17H19Br2NO/c1-11(2)16(7-8-18)20-17(21)14-4-3-13-10-15(19)6-5-12(13)9-14/h3-6,9-11,16H,7-8H2,1-2H3,(H,20,21). The molecule has 0 spiro atoms. The van der Waals surface area contributed by atoms with E-state index in [1.54, 1.807) is 0 Å². The van der Waals surface area contributed by atoms with Gasteiger partial charge >= 0.3 is 0 Å². The molecule has 0 fully saturated rings. The van der Waals surface area contributed by atoms with Crippen LogP contribution in [0.3, 0.4) is 0 Å². The number of alkyl halides is 1. The van der Waals surface area contributed by atoms with Crippen LogP contribution in [-0.2, 0) is 0 Å². The molecular weight excluding hydrogens is 394 g/mol. The van der Waals surface area contributed by atoms with Gasteiger partial charge in [0.2, 0.25) is 0 Å². The van der Waals surface area contributed by atoms with Crippen molar-refractivity contribution in [1.82, 2.24) is 5.32 Å². The van der Waals surface area contributed by atoms with E-state index in [-0.39, 0.29) is 11.9 Å². The van der Waals surface area contributed by atoms with Gasteiger partial charge < -0.3 is 5.32 Å². The van der Waals surface area contributed by atoms with Crippen LogP contribution in [0.4, 0.5) is 0 Å². The topological polar surface area (TPSA) is 29.1 Å². The van der Waals surface area contributed by atoms with Crippen LogP contribution >= 0.6 is 31.9 Å². The molecule has 0 saturated carbocycles. The molecule has 0 radical (unpaired) electrons. The Morgan fingerprint density at radius 1 is 1.14 bits per heavy atom. The van der Waals surface area contributed by atoms with Gasteiger partial charge in [-0.1, -0.05) is 57.8 Å². The van der Waals surface area contributed by atoms with Crippen LogP contribution in [0.1, 0.15) is 30.6 Å². The summed E-state index contributed by atoms with van der Waals surface area (Å²) in [6.07, 6.45) is 0.934. The highest BCUT2D eigenvalue weighted by Crippen LogP contribution is 2.21. The van der Waals surface area contributed by atoms with Crippen LogP contribution in [0.25, 0.3) is 10.8 Å². The molecule has 1 unspecified atom stereocenters. The van der Waals surface area contributed by atoms with Crippen molar-refractivity contribution in [2.75, 3.05) is 5.33 Å². The molecule has 2 aromatic rings. The van der Waals surface area contributed by atoms with Crippen LogP contribution in [0.2, 0.25) is 0 Å². The average molecular weight is 413 g/mol. The van der Waals surface area contributed by atoms with Crippen LogP contribution in [0.15, 0.2) is 40.9 Å². The van der Waals surface area contributed by atoms with E-state index in [4.69, 9.17) is 0 Å². The number of carbonyl (C=O) groups is 1. The summed E-state index contributed by atoms with van der Waals surface area (Å²) in [7, 11) is 0. The number of carbonyl (C=O) groups excluding carboxylic acids is 1. The summed E-state index contributed by atoms with van der Waals surface area (Å²) in [4.78, 5) is 12.4. The van der Waals surface area contributed by atoms with Crippen LogP contribution in [0, 0.1) is 5.92 Å². The Bertz CT molecular complexity index is 640. The molecule has 0 aliphatic rings.